The molecule has 0 aliphatic carbocycles. The van der Waals surface area contributed by atoms with Crippen molar-refractivity contribution in [3.8, 4) is 0 Å². The van der Waals surface area contributed by atoms with Gasteiger partial charge in [0.05, 0.1) is 0 Å². The normalized spacial score (nSPS) is 18.0. The van der Waals surface area contributed by atoms with Gasteiger partial charge in [-0.05, 0) is 55.9 Å². The van der Waals surface area contributed by atoms with Gasteiger partial charge in [0.1, 0.15) is 5.92 Å². The van der Waals surface area contributed by atoms with Gasteiger partial charge >= 0.3 is 0 Å². The number of hydrogen-bond donors (Lipinski definition) is 1. The van der Waals surface area contributed by atoms with Crippen molar-refractivity contribution in [3.05, 3.63) is 29.3 Å². The Bertz CT molecular complexity index is 628. The van der Waals surface area contributed by atoms with Crippen molar-refractivity contribution in [2.75, 3.05) is 25.0 Å². The van der Waals surface area contributed by atoms with E-state index < -0.39 is 5.92 Å². The highest BCUT2D eigenvalue weighted by Crippen LogP contribution is 2.28. The fourth-order valence-electron chi connectivity index (χ4n) is 3.32. The van der Waals surface area contributed by atoms with E-state index in [0.717, 1.165) is 23.2 Å². The van der Waals surface area contributed by atoms with E-state index in [4.69, 9.17) is 5.73 Å². The van der Waals surface area contributed by atoms with Crippen LogP contribution in [0, 0.1) is 25.7 Å². The number of benzene rings is 1. The van der Waals surface area contributed by atoms with E-state index in [1.165, 1.54) is 0 Å². The largest absolute Gasteiger partial charge is 0.345 e. The minimum atomic E-state index is -0.568. The van der Waals surface area contributed by atoms with E-state index >= 15 is 0 Å². The van der Waals surface area contributed by atoms with Gasteiger partial charge in [0.2, 0.25) is 11.8 Å². The average molecular weight is 382 g/mol. The Balaban J connectivity index is 0.00000338. The summed E-state index contributed by atoms with van der Waals surface area (Å²) in [4.78, 5) is 28.9. The maximum Gasteiger partial charge on any atom is 0.239 e. The summed E-state index contributed by atoms with van der Waals surface area (Å²) in [6, 6.07) is 6.16. The lowest BCUT2D eigenvalue weighted by Crippen LogP contribution is -2.40. The zero-order valence-electron chi connectivity index (χ0n) is 16.5. The van der Waals surface area contributed by atoms with Crippen LogP contribution in [0.25, 0.3) is 0 Å². The minimum Gasteiger partial charge on any atom is -0.345 e. The Kier molecular flexibility index (Phi) is 8.10. The molecule has 2 atom stereocenters. The summed E-state index contributed by atoms with van der Waals surface area (Å²) >= 11 is 0. The number of hydrogen-bond acceptors (Lipinski definition) is 3. The zero-order chi connectivity index (χ0) is 18.7. The summed E-state index contributed by atoms with van der Waals surface area (Å²) in [5.41, 5.74) is 9.20. The lowest BCUT2D eigenvalue weighted by atomic mass is 10.0. The molecular formula is C20H32ClN3O2. The number of halogens is 1. The van der Waals surface area contributed by atoms with E-state index in [2.05, 4.69) is 19.9 Å². The number of carbonyl (C=O) groups is 2. The van der Waals surface area contributed by atoms with Crippen molar-refractivity contribution in [3.63, 3.8) is 0 Å². The molecule has 1 aliphatic rings. The SMILES string of the molecule is Cc1cc(C)cc(N2CCC(C(=O)N(C)CCC(N)C(C)C)C2=O)c1.Cl. The quantitative estimate of drug-likeness (QED) is 0.770. The van der Waals surface area contributed by atoms with E-state index in [9.17, 15) is 9.59 Å². The lowest BCUT2D eigenvalue weighted by molar-refractivity contribution is -0.138. The molecule has 2 rings (SSSR count). The molecule has 1 saturated heterocycles. The van der Waals surface area contributed by atoms with Gasteiger partial charge in [-0.15, -0.1) is 12.4 Å². The Labute approximate surface area is 163 Å². The number of carbonyl (C=O) groups excluding carboxylic acids is 2. The van der Waals surface area contributed by atoms with E-state index in [0.29, 0.717) is 25.4 Å². The summed E-state index contributed by atoms with van der Waals surface area (Å²) < 4.78 is 0. The van der Waals surface area contributed by atoms with Crippen LogP contribution in [0.5, 0.6) is 0 Å². The number of rotatable bonds is 6. The Morgan fingerprint density at radius 1 is 1.27 bits per heavy atom. The predicted molar refractivity (Wildman–Crippen MR) is 109 cm³/mol. The maximum atomic E-state index is 12.8. The molecule has 5 nitrogen and oxygen atoms in total. The van der Waals surface area contributed by atoms with Crippen LogP contribution in [0.1, 0.15) is 37.8 Å². The van der Waals surface area contributed by atoms with Crippen molar-refractivity contribution in [2.24, 2.45) is 17.6 Å². The van der Waals surface area contributed by atoms with Gasteiger partial charge in [-0.3, -0.25) is 9.59 Å². The predicted octanol–water partition coefficient (Wildman–Crippen LogP) is 2.91. The fourth-order valence-corrected chi connectivity index (χ4v) is 3.32. The molecule has 2 unspecified atom stereocenters. The second-order valence-electron chi connectivity index (χ2n) is 7.63. The van der Waals surface area contributed by atoms with Gasteiger partial charge in [-0.25, -0.2) is 0 Å². The van der Waals surface area contributed by atoms with Crippen molar-refractivity contribution in [1.82, 2.24) is 4.90 Å². The summed E-state index contributed by atoms with van der Waals surface area (Å²) in [6.45, 7) is 9.38. The highest BCUT2D eigenvalue weighted by Gasteiger charge is 2.39. The van der Waals surface area contributed by atoms with Crippen molar-refractivity contribution in [2.45, 2.75) is 46.6 Å². The van der Waals surface area contributed by atoms with Gasteiger partial charge in [-0.2, -0.15) is 0 Å². The van der Waals surface area contributed by atoms with Crippen LogP contribution >= 0.6 is 12.4 Å². The lowest BCUT2D eigenvalue weighted by Gasteiger charge is -2.24. The maximum absolute atomic E-state index is 12.8. The van der Waals surface area contributed by atoms with E-state index in [-0.39, 0.29) is 30.3 Å². The second kappa shape index (κ2) is 9.38. The first-order valence-electron chi connectivity index (χ1n) is 9.11. The number of nitrogens with two attached hydrogens (primary N) is 1. The molecule has 1 aromatic carbocycles. The molecule has 1 fully saturated rings. The average Bonchev–Trinajstić information content (AvgIpc) is 2.91. The number of nitrogens with zero attached hydrogens (tertiary/aromatic N) is 2. The highest BCUT2D eigenvalue weighted by atomic mass is 35.5. The van der Waals surface area contributed by atoms with Crippen molar-refractivity contribution in [1.29, 1.82) is 0 Å². The third-order valence-corrected chi connectivity index (χ3v) is 5.05. The molecule has 0 radical (unpaired) electrons. The van der Waals surface area contributed by atoms with E-state index in [1.54, 1.807) is 16.8 Å². The summed E-state index contributed by atoms with van der Waals surface area (Å²) in [5, 5.41) is 0. The molecule has 2 N–H and O–H groups in total. The first-order valence-corrected chi connectivity index (χ1v) is 9.11. The molecule has 0 spiro atoms. The Hall–Kier alpha value is -1.59. The van der Waals surface area contributed by atoms with Crippen LogP contribution in [0.3, 0.4) is 0 Å². The van der Waals surface area contributed by atoms with Crippen LogP contribution in [0.15, 0.2) is 18.2 Å². The molecule has 0 bridgehead atoms. The molecule has 26 heavy (non-hydrogen) atoms. The van der Waals surface area contributed by atoms with Crippen molar-refractivity contribution < 1.29 is 9.59 Å². The van der Waals surface area contributed by atoms with Gasteiger partial charge < -0.3 is 15.5 Å². The molecule has 146 valence electrons. The van der Waals surface area contributed by atoms with Crippen LogP contribution in [0.2, 0.25) is 0 Å². The smallest absolute Gasteiger partial charge is 0.239 e. The third-order valence-electron chi connectivity index (χ3n) is 5.05. The number of aryl methyl sites for hydroxylation is 2. The van der Waals surface area contributed by atoms with E-state index in [1.807, 2.05) is 26.0 Å². The van der Waals surface area contributed by atoms with Gasteiger partial charge in [0, 0.05) is 31.9 Å². The number of anilines is 1. The first kappa shape index (κ1) is 22.5. The molecule has 0 saturated carbocycles. The van der Waals surface area contributed by atoms with Crippen LogP contribution in [-0.2, 0) is 9.59 Å². The molecular weight excluding hydrogens is 350 g/mol. The molecule has 1 heterocycles. The van der Waals surface area contributed by atoms with Crippen LogP contribution < -0.4 is 10.6 Å². The topological polar surface area (TPSA) is 66.6 Å². The van der Waals surface area contributed by atoms with Gasteiger partial charge in [-0.1, -0.05) is 19.9 Å². The Morgan fingerprint density at radius 3 is 2.38 bits per heavy atom. The summed E-state index contributed by atoms with van der Waals surface area (Å²) in [7, 11) is 1.77. The highest BCUT2D eigenvalue weighted by molar-refractivity contribution is 6.09. The summed E-state index contributed by atoms with van der Waals surface area (Å²) in [6.07, 6.45) is 1.33. The monoisotopic (exact) mass is 381 g/mol. The first-order chi connectivity index (χ1) is 11.7. The molecule has 2 amide bonds. The minimum absolute atomic E-state index is 0. The van der Waals surface area contributed by atoms with Gasteiger partial charge in [0.15, 0.2) is 0 Å². The molecule has 0 aromatic heterocycles. The zero-order valence-corrected chi connectivity index (χ0v) is 17.3. The third kappa shape index (κ3) is 5.21. The molecule has 1 aliphatic heterocycles. The fraction of sp³-hybridized carbons (Fsp3) is 0.600. The molecule has 1 aromatic rings. The standard InChI is InChI=1S/C20H31N3O2.ClH/c1-13(2)18(21)7-8-22(5)19(24)17-6-9-23(20(17)25)16-11-14(3)10-15(4)12-16;/h10-13,17-18H,6-9,21H2,1-5H3;1H. The molecule has 6 heteroatoms. The van der Waals surface area contributed by atoms with Gasteiger partial charge in [0.25, 0.3) is 0 Å². The van der Waals surface area contributed by atoms with Crippen LogP contribution in [-0.4, -0.2) is 42.9 Å². The summed E-state index contributed by atoms with van der Waals surface area (Å²) in [5.74, 6) is -0.361. The Morgan fingerprint density at radius 2 is 1.85 bits per heavy atom. The second-order valence-corrected chi connectivity index (χ2v) is 7.63. The van der Waals surface area contributed by atoms with Crippen LogP contribution in [0.4, 0.5) is 5.69 Å². The number of amides is 2. The van der Waals surface area contributed by atoms with Crippen molar-refractivity contribution >= 4 is 29.9 Å².